The Hall–Kier alpha value is -4.45. The second-order valence-electron chi connectivity index (χ2n) is 11.4. The fraction of sp³-hybridized carbons (Fsp3) is 0.342. The molecule has 1 aliphatic rings. The van der Waals surface area contributed by atoms with E-state index in [4.69, 9.17) is 18.9 Å². The Balaban J connectivity index is 1.38. The summed E-state index contributed by atoms with van der Waals surface area (Å²) < 4.78 is 23.9. The Morgan fingerprint density at radius 1 is 0.795 bits per heavy atom. The van der Waals surface area contributed by atoms with Gasteiger partial charge in [-0.15, -0.1) is 0 Å². The van der Waals surface area contributed by atoms with Crippen LogP contribution in [-0.2, 0) is 24.2 Å². The van der Waals surface area contributed by atoms with Gasteiger partial charge in [0, 0.05) is 19.4 Å². The van der Waals surface area contributed by atoms with Gasteiger partial charge in [0.2, 0.25) is 5.91 Å². The lowest BCUT2D eigenvalue weighted by Gasteiger charge is -2.39. The van der Waals surface area contributed by atoms with E-state index in [0.29, 0.717) is 55.6 Å². The normalized spacial score (nSPS) is 14.1. The predicted molar refractivity (Wildman–Crippen MR) is 174 cm³/mol. The van der Waals surface area contributed by atoms with E-state index in [9.17, 15) is 4.79 Å². The second-order valence-corrected chi connectivity index (χ2v) is 11.4. The summed E-state index contributed by atoms with van der Waals surface area (Å²) in [4.78, 5) is 15.4. The van der Waals surface area contributed by atoms with Crippen LogP contribution in [-0.4, -0.2) is 38.2 Å². The quantitative estimate of drug-likeness (QED) is 0.168. The molecule has 230 valence electrons. The largest absolute Gasteiger partial charge is 0.493 e. The van der Waals surface area contributed by atoms with Crippen LogP contribution in [0.5, 0.6) is 23.0 Å². The van der Waals surface area contributed by atoms with E-state index in [-0.39, 0.29) is 11.9 Å². The lowest BCUT2D eigenvalue weighted by molar-refractivity contribution is -0.133. The number of hydrogen-bond donors (Lipinski definition) is 0. The van der Waals surface area contributed by atoms with Crippen molar-refractivity contribution in [3.05, 3.63) is 118 Å². The molecule has 1 unspecified atom stereocenters. The summed E-state index contributed by atoms with van der Waals surface area (Å²) in [6.07, 6.45) is 2.81. The SMILES string of the molecule is CCCC(=O)N1CCc2cc(OC)c(OCCc3ccc(OC)c(OCc4ccccc4)c3)cc2C1c1ccc(C)cc1C. The summed E-state index contributed by atoms with van der Waals surface area (Å²) in [6.45, 7) is 7.88. The van der Waals surface area contributed by atoms with Crippen LogP contribution < -0.4 is 18.9 Å². The fourth-order valence-electron chi connectivity index (χ4n) is 6.00. The van der Waals surface area contributed by atoms with Crippen molar-refractivity contribution < 1.29 is 23.7 Å². The summed E-state index contributed by atoms with van der Waals surface area (Å²) in [5, 5.41) is 0. The van der Waals surface area contributed by atoms with E-state index < -0.39 is 0 Å². The van der Waals surface area contributed by atoms with E-state index >= 15 is 0 Å². The number of fused-ring (bicyclic) bond motifs is 1. The number of carbonyl (C=O) groups excluding carboxylic acids is 1. The maximum atomic E-state index is 13.4. The topological polar surface area (TPSA) is 57.2 Å². The molecule has 6 nitrogen and oxygen atoms in total. The molecule has 0 radical (unpaired) electrons. The zero-order valence-electron chi connectivity index (χ0n) is 26.5. The molecule has 0 spiro atoms. The molecule has 0 saturated carbocycles. The van der Waals surface area contributed by atoms with Crippen molar-refractivity contribution in [3.8, 4) is 23.0 Å². The van der Waals surface area contributed by atoms with Gasteiger partial charge in [0.05, 0.1) is 26.9 Å². The van der Waals surface area contributed by atoms with E-state index in [0.717, 1.165) is 35.1 Å². The molecule has 4 aromatic carbocycles. The van der Waals surface area contributed by atoms with Crippen LogP contribution in [0.1, 0.15) is 64.8 Å². The summed E-state index contributed by atoms with van der Waals surface area (Å²) in [5.41, 5.74) is 8.00. The first-order valence-corrected chi connectivity index (χ1v) is 15.5. The van der Waals surface area contributed by atoms with Gasteiger partial charge < -0.3 is 23.8 Å². The molecular weight excluding hydrogens is 550 g/mol. The Morgan fingerprint density at radius 2 is 1.57 bits per heavy atom. The number of carbonyl (C=O) groups is 1. The number of benzene rings is 4. The highest BCUT2D eigenvalue weighted by Gasteiger charge is 2.33. The summed E-state index contributed by atoms with van der Waals surface area (Å²) >= 11 is 0. The lowest BCUT2D eigenvalue weighted by atomic mass is 9.85. The van der Waals surface area contributed by atoms with Crippen LogP contribution in [0.15, 0.2) is 78.9 Å². The van der Waals surface area contributed by atoms with E-state index in [1.165, 1.54) is 16.7 Å². The third-order valence-electron chi connectivity index (χ3n) is 8.27. The monoisotopic (exact) mass is 593 g/mol. The first-order chi connectivity index (χ1) is 21.4. The number of ether oxygens (including phenoxy) is 4. The maximum Gasteiger partial charge on any atom is 0.223 e. The summed E-state index contributed by atoms with van der Waals surface area (Å²) in [7, 11) is 3.33. The highest BCUT2D eigenvalue weighted by molar-refractivity contribution is 5.78. The molecule has 0 aliphatic carbocycles. The smallest absolute Gasteiger partial charge is 0.223 e. The van der Waals surface area contributed by atoms with Crippen molar-refractivity contribution in [1.29, 1.82) is 0 Å². The number of methoxy groups -OCH3 is 2. The molecule has 0 N–H and O–H groups in total. The average Bonchev–Trinajstić information content (AvgIpc) is 3.04. The molecular formula is C38H43NO5. The third-order valence-corrected chi connectivity index (χ3v) is 8.27. The van der Waals surface area contributed by atoms with Crippen molar-refractivity contribution in [2.75, 3.05) is 27.4 Å². The minimum Gasteiger partial charge on any atom is -0.493 e. The van der Waals surface area contributed by atoms with Crippen LogP contribution in [0, 0.1) is 13.8 Å². The first kappa shape index (κ1) is 31.0. The van der Waals surface area contributed by atoms with Gasteiger partial charge in [-0.25, -0.2) is 0 Å². The molecule has 1 atom stereocenters. The van der Waals surface area contributed by atoms with E-state index in [1.807, 2.05) is 53.4 Å². The molecule has 0 aromatic heterocycles. The van der Waals surface area contributed by atoms with Crippen molar-refractivity contribution in [2.45, 2.75) is 59.1 Å². The lowest BCUT2D eigenvalue weighted by Crippen LogP contribution is -2.40. The Kier molecular flexibility index (Phi) is 10.1. The van der Waals surface area contributed by atoms with Gasteiger partial charge in [0.1, 0.15) is 6.61 Å². The van der Waals surface area contributed by atoms with Gasteiger partial charge in [-0.1, -0.05) is 67.1 Å². The molecule has 0 bridgehead atoms. The number of rotatable bonds is 12. The Labute approximate surface area is 261 Å². The average molecular weight is 594 g/mol. The highest BCUT2D eigenvalue weighted by atomic mass is 16.5. The van der Waals surface area contributed by atoms with E-state index in [2.05, 4.69) is 51.1 Å². The first-order valence-electron chi connectivity index (χ1n) is 15.5. The van der Waals surface area contributed by atoms with Crippen molar-refractivity contribution in [2.24, 2.45) is 0 Å². The molecule has 5 rings (SSSR count). The van der Waals surface area contributed by atoms with Gasteiger partial charge in [-0.05, 0) is 84.3 Å². The molecule has 1 heterocycles. The number of hydrogen-bond acceptors (Lipinski definition) is 5. The second kappa shape index (κ2) is 14.3. The van der Waals surface area contributed by atoms with Gasteiger partial charge in [-0.3, -0.25) is 4.79 Å². The minimum atomic E-state index is -0.169. The predicted octanol–water partition coefficient (Wildman–Crippen LogP) is 7.80. The van der Waals surface area contributed by atoms with Crippen LogP contribution in [0.2, 0.25) is 0 Å². The minimum absolute atomic E-state index is 0.169. The maximum absolute atomic E-state index is 13.4. The van der Waals surface area contributed by atoms with Crippen LogP contribution in [0.3, 0.4) is 0 Å². The Bertz CT molecular complexity index is 1580. The molecule has 0 fully saturated rings. The van der Waals surface area contributed by atoms with Gasteiger partial charge in [-0.2, -0.15) is 0 Å². The molecule has 6 heteroatoms. The van der Waals surface area contributed by atoms with Crippen LogP contribution in [0.4, 0.5) is 0 Å². The van der Waals surface area contributed by atoms with Crippen molar-refractivity contribution >= 4 is 5.91 Å². The Morgan fingerprint density at radius 3 is 2.30 bits per heavy atom. The number of amides is 1. The zero-order chi connectivity index (χ0) is 31.1. The van der Waals surface area contributed by atoms with Crippen molar-refractivity contribution in [3.63, 3.8) is 0 Å². The number of nitrogens with zero attached hydrogens (tertiary/aromatic N) is 1. The standard InChI is InChI=1S/C38H43NO5/c1-6-10-37(40)39-19-17-30-23-34(42-5)36(24-32(30)38(39)31-15-13-26(2)21-27(31)3)43-20-18-28-14-16-33(41-4)35(22-28)44-25-29-11-8-7-9-12-29/h7-9,11-16,21-24,38H,6,10,17-20,25H2,1-5H3. The molecule has 1 aliphatic heterocycles. The molecule has 0 saturated heterocycles. The van der Waals surface area contributed by atoms with Gasteiger partial charge in [0.15, 0.2) is 23.0 Å². The molecule has 4 aromatic rings. The van der Waals surface area contributed by atoms with E-state index in [1.54, 1.807) is 14.2 Å². The van der Waals surface area contributed by atoms with Gasteiger partial charge in [0.25, 0.3) is 0 Å². The van der Waals surface area contributed by atoms with Gasteiger partial charge >= 0.3 is 0 Å². The molecule has 1 amide bonds. The van der Waals surface area contributed by atoms with Crippen LogP contribution in [0.25, 0.3) is 0 Å². The summed E-state index contributed by atoms with van der Waals surface area (Å²) in [6, 6.07) is 26.6. The fourth-order valence-corrected chi connectivity index (χ4v) is 6.00. The molecule has 44 heavy (non-hydrogen) atoms. The summed E-state index contributed by atoms with van der Waals surface area (Å²) in [5.74, 6) is 2.97. The van der Waals surface area contributed by atoms with Crippen LogP contribution >= 0.6 is 0 Å². The number of aryl methyl sites for hydroxylation is 2. The third kappa shape index (κ3) is 7.02. The zero-order valence-corrected chi connectivity index (χ0v) is 26.5. The van der Waals surface area contributed by atoms with Crippen molar-refractivity contribution in [1.82, 2.24) is 4.90 Å². The highest BCUT2D eigenvalue weighted by Crippen LogP contribution is 2.42.